The first kappa shape index (κ1) is 20.7. The third-order valence-corrected chi connectivity index (χ3v) is 4.09. The van der Waals surface area contributed by atoms with E-state index < -0.39 is 5.97 Å². The predicted octanol–water partition coefficient (Wildman–Crippen LogP) is 3.86. The summed E-state index contributed by atoms with van der Waals surface area (Å²) < 4.78 is 15.4. The Bertz CT molecular complexity index is 776. The molecule has 6 nitrogen and oxygen atoms in total. The van der Waals surface area contributed by atoms with Crippen LogP contribution in [-0.4, -0.2) is 38.3 Å². The van der Waals surface area contributed by atoms with E-state index >= 15 is 0 Å². The van der Waals surface area contributed by atoms with Crippen LogP contribution in [0.2, 0.25) is 5.02 Å². The van der Waals surface area contributed by atoms with Gasteiger partial charge >= 0.3 is 5.97 Å². The van der Waals surface area contributed by atoms with Crippen molar-refractivity contribution in [3.8, 4) is 5.75 Å². The molecule has 1 amide bonds. The number of nitrogens with one attached hydrogen (secondary N) is 1. The molecule has 2 aromatic rings. The van der Waals surface area contributed by atoms with Gasteiger partial charge in [0.15, 0.2) is 6.61 Å². The third kappa shape index (κ3) is 6.58. The van der Waals surface area contributed by atoms with Crippen LogP contribution in [0.1, 0.15) is 22.8 Å². The first-order chi connectivity index (χ1) is 13.0. The number of ether oxygens (including phenoxy) is 3. The zero-order valence-corrected chi connectivity index (χ0v) is 16.0. The number of rotatable bonds is 9. The van der Waals surface area contributed by atoms with Gasteiger partial charge in [-0.25, -0.2) is 4.79 Å². The molecule has 7 heteroatoms. The summed E-state index contributed by atoms with van der Waals surface area (Å²) in [7, 11) is 0. The Hall–Kier alpha value is -2.57. The van der Waals surface area contributed by atoms with Crippen molar-refractivity contribution in [2.24, 2.45) is 0 Å². The van der Waals surface area contributed by atoms with Crippen molar-refractivity contribution in [2.45, 2.75) is 13.8 Å². The summed E-state index contributed by atoms with van der Waals surface area (Å²) in [6, 6.07) is 11.8. The summed E-state index contributed by atoms with van der Waals surface area (Å²) in [5, 5.41) is 3.41. The lowest BCUT2D eigenvalue weighted by molar-refractivity contribution is -0.147. The number of halogens is 1. The number of carbonyl (C=O) groups is 2. The fourth-order valence-corrected chi connectivity index (χ4v) is 2.36. The normalized spacial score (nSPS) is 10.3. The summed E-state index contributed by atoms with van der Waals surface area (Å²) in [6.07, 6.45) is 0. The van der Waals surface area contributed by atoms with Crippen LogP contribution in [0.15, 0.2) is 42.5 Å². The van der Waals surface area contributed by atoms with E-state index in [1.54, 1.807) is 42.5 Å². The molecule has 0 aromatic heterocycles. The SMILES string of the molecule is CCOCCOC(=O)COc1ccc(C(=O)Nc2cccc(Cl)c2C)cc1. The molecule has 1 N–H and O–H groups in total. The number of hydrogen-bond acceptors (Lipinski definition) is 5. The number of benzene rings is 2. The lowest BCUT2D eigenvalue weighted by atomic mass is 10.1. The van der Waals surface area contributed by atoms with Crippen molar-refractivity contribution in [1.82, 2.24) is 0 Å². The van der Waals surface area contributed by atoms with Gasteiger partial charge in [0, 0.05) is 22.9 Å². The number of carbonyl (C=O) groups excluding carboxylic acids is 2. The van der Waals surface area contributed by atoms with Crippen LogP contribution in [0.25, 0.3) is 0 Å². The summed E-state index contributed by atoms with van der Waals surface area (Å²) in [4.78, 5) is 23.9. The Labute approximate surface area is 163 Å². The highest BCUT2D eigenvalue weighted by molar-refractivity contribution is 6.31. The standard InChI is InChI=1S/C20H22ClNO5/c1-3-25-11-12-26-19(23)13-27-16-9-7-15(8-10-16)20(24)22-18-6-4-5-17(21)14(18)2/h4-10H,3,11-13H2,1-2H3,(H,22,24). The first-order valence-electron chi connectivity index (χ1n) is 8.54. The largest absolute Gasteiger partial charge is 0.482 e. The third-order valence-electron chi connectivity index (χ3n) is 3.68. The Morgan fingerprint density at radius 1 is 1.07 bits per heavy atom. The van der Waals surface area contributed by atoms with Gasteiger partial charge in [-0.1, -0.05) is 17.7 Å². The van der Waals surface area contributed by atoms with Gasteiger partial charge in [0.25, 0.3) is 5.91 Å². The summed E-state index contributed by atoms with van der Waals surface area (Å²) in [6.45, 7) is 4.62. The van der Waals surface area contributed by atoms with Crippen LogP contribution in [-0.2, 0) is 14.3 Å². The Morgan fingerprint density at radius 3 is 2.52 bits per heavy atom. The quantitative estimate of drug-likeness (QED) is 0.519. The monoisotopic (exact) mass is 391 g/mol. The molecule has 0 heterocycles. The molecule has 0 unspecified atom stereocenters. The van der Waals surface area contributed by atoms with Crippen LogP contribution in [0.3, 0.4) is 0 Å². The van der Waals surface area contributed by atoms with Gasteiger partial charge < -0.3 is 19.5 Å². The van der Waals surface area contributed by atoms with Crippen molar-refractivity contribution in [3.63, 3.8) is 0 Å². The molecule has 0 bridgehead atoms. The first-order valence-corrected chi connectivity index (χ1v) is 8.91. The van der Waals surface area contributed by atoms with Gasteiger partial charge in [-0.2, -0.15) is 0 Å². The second-order valence-electron chi connectivity index (χ2n) is 5.60. The fourth-order valence-electron chi connectivity index (χ4n) is 2.18. The lowest BCUT2D eigenvalue weighted by Crippen LogP contribution is -2.17. The van der Waals surface area contributed by atoms with E-state index in [1.165, 1.54) is 0 Å². The average Bonchev–Trinajstić information content (AvgIpc) is 2.67. The van der Waals surface area contributed by atoms with Gasteiger partial charge in [0.1, 0.15) is 12.4 Å². The molecule has 0 aliphatic carbocycles. The predicted molar refractivity (Wildman–Crippen MR) is 104 cm³/mol. The van der Waals surface area contributed by atoms with Crippen molar-refractivity contribution in [2.75, 3.05) is 31.7 Å². The maximum absolute atomic E-state index is 12.3. The highest BCUT2D eigenvalue weighted by atomic mass is 35.5. The minimum absolute atomic E-state index is 0.193. The Balaban J connectivity index is 1.84. The van der Waals surface area contributed by atoms with Gasteiger partial charge in [-0.15, -0.1) is 0 Å². The minimum atomic E-state index is -0.479. The summed E-state index contributed by atoms with van der Waals surface area (Å²) in [5.41, 5.74) is 1.92. The van der Waals surface area contributed by atoms with Crippen molar-refractivity contribution < 1.29 is 23.8 Å². The second-order valence-corrected chi connectivity index (χ2v) is 6.00. The number of hydrogen-bond donors (Lipinski definition) is 1. The zero-order valence-electron chi connectivity index (χ0n) is 15.3. The smallest absolute Gasteiger partial charge is 0.344 e. The molecular formula is C20H22ClNO5. The highest BCUT2D eigenvalue weighted by Crippen LogP contribution is 2.23. The van der Waals surface area contributed by atoms with Crippen molar-refractivity contribution in [1.29, 1.82) is 0 Å². The molecule has 0 aliphatic rings. The molecule has 27 heavy (non-hydrogen) atoms. The Kier molecular flexibility index (Phi) is 8.10. The van der Waals surface area contributed by atoms with E-state index in [4.69, 9.17) is 25.8 Å². The molecule has 0 radical (unpaired) electrons. The van der Waals surface area contributed by atoms with Crippen molar-refractivity contribution >= 4 is 29.2 Å². The molecule has 144 valence electrons. The minimum Gasteiger partial charge on any atom is -0.482 e. The van der Waals surface area contributed by atoms with Gasteiger partial charge in [0.05, 0.1) is 6.61 Å². The number of esters is 1. The topological polar surface area (TPSA) is 73.9 Å². The van der Waals surface area contributed by atoms with Crippen LogP contribution < -0.4 is 10.1 Å². The zero-order chi connectivity index (χ0) is 19.6. The van der Waals surface area contributed by atoms with Gasteiger partial charge in [-0.3, -0.25) is 4.79 Å². The molecule has 0 fully saturated rings. The lowest BCUT2D eigenvalue weighted by Gasteiger charge is -2.10. The molecule has 2 aromatic carbocycles. The Morgan fingerprint density at radius 2 is 1.81 bits per heavy atom. The molecule has 0 atom stereocenters. The van der Waals surface area contributed by atoms with Gasteiger partial charge in [0.2, 0.25) is 0 Å². The van der Waals surface area contributed by atoms with Gasteiger partial charge in [-0.05, 0) is 55.8 Å². The van der Waals surface area contributed by atoms with E-state index in [2.05, 4.69) is 5.32 Å². The van der Waals surface area contributed by atoms with Crippen LogP contribution >= 0.6 is 11.6 Å². The molecule has 0 spiro atoms. The van der Waals surface area contributed by atoms with E-state index in [-0.39, 0.29) is 19.1 Å². The summed E-state index contributed by atoms with van der Waals surface area (Å²) >= 11 is 6.06. The van der Waals surface area contributed by atoms with Crippen LogP contribution in [0.5, 0.6) is 5.75 Å². The number of amides is 1. The van der Waals surface area contributed by atoms with E-state index in [9.17, 15) is 9.59 Å². The number of anilines is 1. The second kappa shape index (κ2) is 10.5. The molecular weight excluding hydrogens is 370 g/mol. The average molecular weight is 392 g/mol. The van der Waals surface area contributed by atoms with Crippen LogP contribution in [0, 0.1) is 6.92 Å². The molecule has 0 aliphatic heterocycles. The van der Waals surface area contributed by atoms with Crippen LogP contribution in [0.4, 0.5) is 5.69 Å². The van der Waals surface area contributed by atoms with E-state index in [0.717, 1.165) is 5.56 Å². The van der Waals surface area contributed by atoms with Crippen molar-refractivity contribution in [3.05, 3.63) is 58.6 Å². The highest BCUT2D eigenvalue weighted by Gasteiger charge is 2.10. The van der Waals surface area contributed by atoms with E-state index in [0.29, 0.717) is 35.2 Å². The molecule has 2 rings (SSSR count). The fraction of sp³-hybridized carbons (Fsp3) is 0.300. The maximum atomic E-state index is 12.3. The molecule has 0 saturated heterocycles. The molecule has 0 saturated carbocycles. The van der Waals surface area contributed by atoms with E-state index in [1.807, 2.05) is 13.8 Å². The maximum Gasteiger partial charge on any atom is 0.344 e. The summed E-state index contributed by atoms with van der Waals surface area (Å²) in [5.74, 6) is -0.276.